The third kappa shape index (κ3) is 2.13. The largest absolute Gasteiger partial charge is 0.358 e. The first kappa shape index (κ1) is 12.3. The van der Waals surface area contributed by atoms with E-state index < -0.39 is 0 Å². The van der Waals surface area contributed by atoms with Crippen LogP contribution in [0.4, 0.5) is 0 Å². The van der Waals surface area contributed by atoms with Gasteiger partial charge >= 0.3 is 0 Å². The number of rotatable bonds is 5. The molecule has 2 bridgehead atoms. The lowest BCUT2D eigenvalue weighted by Crippen LogP contribution is -2.76. The minimum Gasteiger partial charge on any atom is -0.358 e. The lowest BCUT2D eigenvalue weighted by molar-refractivity contribution is -1.09. The molecule has 0 saturated carbocycles. The molecule has 0 unspecified atom stereocenters. The maximum atomic E-state index is 3.95. The summed E-state index contributed by atoms with van der Waals surface area (Å²) in [4.78, 5) is 0. The SMILES string of the molecule is CC(C)[N+]12CC[N+](CCCC[NH3+])(CC1)CC2. The maximum absolute atomic E-state index is 3.95. The van der Waals surface area contributed by atoms with Crippen LogP contribution >= 0.6 is 0 Å². The Morgan fingerprint density at radius 3 is 1.94 bits per heavy atom. The number of nitrogens with zero attached hydrogens (tertiary/aromatic N) is 2. The molecule has 0 aliphatic carbocycles. The number of hydrogen-bond acceptors (Lipinski definition) is 0. The van der Waals surface area contributed by atoms with Gasteiger partial charge in [-0.15, -0.1) is 0 Å². The molecule has 3 fully saturated rings. The number of quaternary nitrogens is 3. The second-order valence-electron chi connectivity index (χ2n) is 6.28. The van der Waals surface area contributed by atoms with E-state index in [1.165, 1.54) is 67.6 Å². The Kier molecular flexibility index (Phi) is 3.57. The smallest absolute Gasteiger partial charge is 0.129 e. The molecule has 3 N–H and O–H groups in total. The molecule has 0 atom stereocenters. The lowest BCUT2D eigenvalue weighted by Gasteiger charge is -2.57. The highest BCUT2D eigenvalue weighted by Crippen LogP contribution is 2.29. The normalized spacial score (nSPS) is 38.2. The van der Waals surface area contributed by atoms with Crippen molar-refractivity contribution in [3.63, 3.8) is 0 Å². The Hall–Kier alpha value is -0.120. The van der Waals surface area contributed by atoms with Gasteiger partial charge < -0.3 is 14.7 Å². The van der Waals surface area contributed by atoms with Crippen LogP contribution in [0.5, 0.6) is 0 Å². The summed E-state index contributed by atoms with van der Waals surface area (Å²) in [6.45, 7) is 16.0. The minimum atomic E-state index is 0.836. The van der Waals surface area contributed by atoms with Crippen molar-refractivity contribution in [3.05, 3.63) is 0 Å². The number of hydrogen-bond donors (Lipinski definition) is 1. The van der Waals surface area contributed by atoms with Crippen LogP contribution in [0.1, 0.15) is 26.7 Å². The van der Waals surface area contributed by atoms with Crippen molar-refractivity contribution in [2.45, 2.75) is 32.7 Å². The molecule has 0 amide bonds. The summed E-state index contributed by atoms with van der Waals surface area (Å²) in [7, 11) is 0. The standard InChI is InChI=1S/C13H29N3/c1-13(2)16-10-7-15(8-11-16,9-12-16)6-4-3-5-14/h13H,3-12,14H2,1-2H3/q+2/p+1. The van der Waals surface area contributed by atoms with Gasteiger partial charge in [0.2, 0.25) is 0 Å². The van der Waals surface area contributed by atoms with Crippen molar-refractivity contribution in [1.82, 2.24) is 0 Å². The second kappa shape index (κ2) is 4.63. The van der Waals surface area contributed by atoms with E-state index >= 15 is 0 Å². The molecule has 0 aromatic heterocycles. The van der Waals surface area contributed by atoms with Gasteiger partial charge in [0.1, 0.15) is 39.3 Å². The second-order valence-corrected chi connectivity index (χ2v) is 6.28. The van der Waals surface area contributed by atoms with Gasteiger partial charge in [0.15, 0.2) is 0 Å². The summed E-state index contributed by atoms with van der Waals surface area (Å²) in [5.74, 6) is 0. The van der Waals surface area contributed by atoms with E-state index in [0.717, 1.165) is 12.6 Å². The molecule has 16 heavy (non-hydrogen) atoms. The molecule has 0 aromatic rings. The van der Waals surface area contributed by atoms with Crippen LogP contribution < -0.4 is 5.73 Å². The molecule has 94 valence electrons. The van der Waals surface area contributed by atoms with Gasteiger partial charge in [-0.1, -0.05) is 0 Å². The zero-order valence-corrected chi connectivity index (χ0v) is 11.2. The predicted octanol–water partition coefficient (Wildman–Crippen LogP) is 0.0777. The molecule has 3 aliphatic heterocycles. The van der Waals surface area contributed by atoms with Gasteiger partial charge in [-0.2, -0.15) is 0 Å². The molecule has 0 spiro atoms. The third-order valence-corrected chi connectivity index (χ3v) is 5.29. The number of unbranched alkanes of at least 4 members (excludes halogenated alkanes) is 1. The summed E-state index contributed by atoms with van der Waals surface area (Å²) >= 11 is 0. The first-order valence-electron chi connectivity index (χ1n) is 7.13. The van der Waals surface area contributed by atoms with Gasteiger partial charge in [-0.05, 0) is 13.8 Å². The number of piperazine rings is 3. The van der Waals surface area contributed by atoms with Crippen LogP contribution in [0.15, 0.2) is 0 Å². The highest BCUT2D eigenvalue weighted by Gasteiger charge is 2.49. The fourth-order valence-electron chi connectivity index (χ4n) is 3.64. The van der Waals surface area contributed by atoms with E-state index in [1.54, 1.807) is 0 Å². The summed E-state index contributed by atoms with van der Waals surface area (Å²) in [6, 6.07) is 0.836. The molecule has 3 heteroatoms. The van der Waals surface area contributed by atoms with Crippen LogP contribution in [0.2, 0.25) is 0 Å². The molecule has 3 nitrogen and oxygen atoms in total. The molecule has 0 radical (unpaired) electrons. The van der Waals surface area contributed by atoms with Crippen LogP contribution in [-0.2, 0) is 0 Å². The summed E-state index contributed by atoms with van der Waals surface area (Å²) < 4.78 is 2.85. The van der Waals surface area contributed by atoms with E-state index in [4.69, 9.17) is 0 Å². The highest BCUT2D eigenvalue weighted by molar-refractivity contribution is 4.64. The quantitative estimate of drug-likeness (QED) is 0.510. The van der Waals surface area contributed by atoms with E-state index in [0.29, 0.717) is 0 Å². The van der Waals surface area contributed by atoms with Gasteiger partial charge in [0.05, 0.1) is 19.1 Å². The average Bonchev–Trinajstić information content (AvgIpc) is 2.31. The Morgan fingerprint density at radius 2 is 1.50 bits per heavy atom. The van der Waals surface area contributed by atoms with Crippen molar-refractivity contribution in [2.24, 2.45) is 0 Å². The Bertz CT molecular complexity index is 213. The molecular weight excluding hydrogens is 198 g/mol. The predicted molar refractivity (Wildman–Crippen MR) is 66.7 cm³/mol. The summed E-state index contributed by atoms with van der Waals surface area (Å²) in [5.41, 5.74) is 3.95. The van der Waals surface area contributed by atoms with E-state index in [9.17, 15) is 0 Å². The van der Waals surface area contributed by atoms with E-state index in [-0.39, 0.29) is 0 Å². The fourth-order valence-corrected chi connectivity index (χ4v) is 3.64. The first-order chi connectivity index (χ1) is 7.63. The van der Waals surface area contributed by atoms with Crippen LogP contribution in [0.3, 0.4) is 0 Å². The van der Waals surface area contributed by atoms with Crippen molar-refractivity contribution in [2.75, 3.05) is 52.4 Å². The summed E-state index contributed by atoms with van der Waals surface area (Å²) in [6.07, 6.45) is 2.72. The molecule has 3 rings (SSSR count). The fraction of sp³-hybridized carbons (Fsp3) is 1.00. The Morgan fingerprint density at radius 1 is 0.938 bits per heavy atom. The van der Waals surface area contributed by atoms with Crippen molar-refractivity contribution in [1.29, 1.82) is 0 Å². The third-order valence-electron chi connectivity index (χ3n) is 5.29. The van der Waals surface area contributed by atoms with Crippen LogP contribution in [-0.4, -0.2) is 67.4 Å². The molecule has 3 saturated heterocycles. The van der Waals surface area contributed by atoms with Gasteiger partial charge in [0, 0.05) is 12.8 Å². The maximum Gasteiger partial charge on any atom is 0.129 e. The van der Waals surface area contributed by atoms with Gasteiger partial charge in [-0.25, -0.2) is 0 Å². The molecule has 3 heterocycles. The van der Waals surface area contributed by atoms with E-state index in [1.807, 2.05) is 0 Å². The van der Waals surface area contributed by atoms with Crippen molar-refractivity contribution < 1.29 is 14.7 Å². The van der Waals surface area contributed by atoms with Crippen LogP contribution in [0, 0.1) is 0 Å². The minimum absolute atomic E-state index is 0.836. The van der Waals surface area contributed by atoms with Crippen LogP contribution in [0.25, 0.3) is 0 Å². The zero-order chi connectivity index (χ0) is 11.6. The van der Waals surface area contributed by atoms with Gasteiger partial charge in [0.25, 0.3) is 0 Å². The van der Waals surface area contributed by atoms with Crippen molar-refractivity contribution in [3.8, 4) is 0 Å². The average molecular weight is 228 g/mol. The number of fused-ring (bicyclic) bond motifs is 3. The van der Waals surface area contributed by atoms with Gasteiger partial charge in [-0.3, -0.25) is 0 Å². The Labute approximate surface area is 100 Å². The van der Waals surface area contributed by atoms with Crippen molar-refractivity contribution >= 4 is 0 Å². The lowest BCUT2D eigenvalue weighted by atomic mass is 10.0. The zero-order valence-electron chi connectivity index (χ0n) is 11.2. The topological polar surface area (TPSA) is 27.6 Å². The highest BCUT2D eigenvalue weighted by atomic mass is 15.5. The Balaban J connectivity index is 1.90. The molecule has 3 aliphatic rings. The molecule has 0 aromatic carbocycles. The molecular formula is C13H30N3+3. The summed E-state index contributed by atoms with van der Waals surface area (Å²) in [5, 5.41) is 0. The monoisotopic (exact) mass is 228 g/mol. The first-order valence-corrected chi connectivity index (χ1v) is 7.13. The van der Waals surface area contributed by atoms with E-state index in [2.05, 4.69) is 19.6 Å².